The highest BCUT2D eigenvalue weighted by atomic mass is 35.5. The fourth-order valence-electron chi connectivity index (χ4n) is 3.30. The van der Waals surface area contributed by atoms with Crippen molar-refractivity contribution in [3.8, 4) is 11.1 Å². The molecule has 0 aliphatic rings. The summed E-state index contributed by atoms with van der Waals surface area (Å²) in [5.41, 5.74) is 5.05. The molecule has 4 aromatic rings. The van der Waals surface area contributed by atoms with Gasteiger partial charge in [0.25, 0.3) is 0 Å². The number of benzene rings is 3. The maximum atomic E-state index is 6.03. The van der Waals surface area contributed by atoms with Crippen LogP contribution in [0.1, 0.15) is 6.92 Å². The summed E-state index contributed by atoms with van der Waals surface area (Å²) in [5, 5.41) is 3.40. The Kier molecular flexibility index (Phi) is 3.16. The van der Waals surface area contributed by atoms with E-state index in [-0.39, 0.29) is 0 Å². The first kappa shape index (κ1) is 13.4. The van der Waals surface area contributed by atoms with E-state index >= 15 is 0 Å². The van der Waals surface area contributed by atoms with Gasteiger partial charge in [-0.05, 0) is 30.7 Å². The van der Waals surface area contributed by atoms with Crippen LogP contribution in [0.3, 0.4) is 0 Å². The van der Waals surface area contributed by atoms with Crippen molar-refractivity contribution >= 4 is 33.4 Å². The largest absolute Gasteiger partial charge is 0.340 e. The maximum absolute atomic E-state index is 6.03. The lowest BCUT2D eigenvalue weighted by atomic mass is 10.0. The Hall–Kier alpha value is -2.25. The van der Waals surface area contributed by atoms with Crippen LogP contribution in [0.15, 0.2) is 66.7 Å². The summed E-state index contributed by atoms with van der Waals surface area (Å²) in [5.74, 6) is 0. The van der Waals surface area contributed by atoms with Crippen LogP contribution in [-0.4, -0.2) is 4.57 Å². The van der Waals surface area contributed by atoms with Crippen LogP contribution < -0.4 is 0 Å². The molecule has 0 saturated heterocycles. The molecule has 0 fully saturated rings. The van der Waals surface area contributed by atoms with Crippen molar-refractivity contribution in [1.29, 1.82) is 0 Å². The minimum Gasteiger partial charge on any atom is -0.340 e. The van der Waals surface area contributed by atoms with Crippen LogP contribution in [-0.2, 0) is 6.54 Å². The van der Waals surface area contributed by atoms with E-state index in [0.29, 0.717) is 0 Å². The third kappa shape index (κ3) is 1.93. The van der Waals surface area contributed by atoms with Crippen molar-refractivity contribution < 1.29 is 0 Å². The van der Waals surface area contributed by atoms with Gasteiger partial charge in [0.2, 0.25) is 0 Å². The number of aryl methyl sites for hydroxylation is 1. The lowest BCUT2D eigenvalue weighted by molar-refractivity contribution is 0.828. The molecule has 0 bridgehead atoms. The van der Waals surface area contributed by atoms with Gasteiger partial charge in [0.05, 0.1) is 5.52 Å². The first-order chi connectivity index (χ1) is 10.8. The first-order valence-corrected chi connectivity index (χ1v) is 7.93. The molecule has 0 saturated carbocycles. The normalized spacial score (nSPS) is 11.4. The van der Waals surface area contributed by atoms with Gasteiger partial charge in [0, 0.05) is 33.4 Å². The lowest BCUT2D eigenvalue weighted by Gasteiger charge is -2.09. The molecule has 1 nitrogen and oxygen atoms in total. The van der Waals surface area contributed by atoms with Crippen molar-refractivity contribution in [3.05, 3.63) is 71.8 Å². The molecule has 1 heterocycles. The first-order valence-electron chi connectivity index (χ1n) is 7.55. The summed E-state index contributed by atoms with van der Waals surface area (Å²) < 4.78 is 2.40. The summed E-state index contributed by atoms with van der Waals surface area (Å²) in [4.78, 5) is 0. The highest BCUT2D eigenvalue weighted by molar-refractivity contribution is 6.30. The van der Waals surface area contributed by atoms with Crippen molar-refractivity contribution in [2.75, 3.05) is 0 Å². The Morgan fingerprint density at radius 3 is 2.32 bits per heavy atom. The highest BCUT2D eigenvalue weighted by Crippen LogP contribution is 2.36. The average molecular weight is 306 g/mol. The quantitative estimate of drug-likeness (QED) is 0.419. The minimum absolute atomic E-state index is 0.770. The number of aromatic nitrogens is 1. The Bertz CT molecular complexity index is 964. The minimum atomic E-state index is 0.770. The molecule has 0 radical (unpaired) electrons. The molecule has 0 N–H and O–H groups in total. The predicted molar refractivity (Wildman–Crippen MR) is 95.6 cm³/mol. The second-order valence-electron chi connectivity index (χ2n) is 5.47. The van der Waals surface area contributed by atoms with Gasteiger partial charge in [-0.25, -0.2) is 0 Å². The molecule has 2 heteroatoms. The van der Waals surface area contributed by atoms with Gasteiger partial charge in [-0.15, -0.1) is 0 Å². The standard InChI is InChI=1S/C20H16ClN/c1-2-22-19-9-4-3-6-17(19)18-8-5-7-16(20(18)22)14-10-12-15(21)13-11-14/h3-13H,2H2,1H3. The van der Waals surface area contributed by atoms with Crippen LogP contribution in [0.2, 0.25) is 5.02 Å². The van der Waals surface area contributed by atoms with Gasteiger partial charge in [-0.1, -0.05) is 60.1 Å². The molecule has 108 valence electrons. The van der Waals surface area contributed by atoms with E-state index in [1.807, 2.05) is 12.1 Å². The molecule has 0 atom stereocenters. The zero-order chi connectivity index (χ0) is 15.1. The number of nitrogens with zero attached hydrogens (tertiary/aromatic N) is 1. The van der Waals surface area contributed by atoms with Crippen molar-refractivity contribution in [1.82, 2.24) is 4.57 Å². The summed E-state index contributed by atoms with van der Waals surface area (Å²) in [6.07, 6.45) is 0. The predicted octanol–water partition coefficient (Wildman–Crippen LogP) is 6.13. The van der Waals surface area contributed by atoms with Gasteiger partial charge in [0.15, 0.2) is 0 Å². The zero-order valence-corrected chi connectivity index (χ0v) is 13.1. The monoisotopic (exact) mass is 305 g/mol. The third-order valence-electron chi connectivity index (χ3n) is 4.26. The van der Waals surface area contributed by atoms with Gasteiger partial charge >= 0.3 is 0 Å². The molecular weight excluding hydrogens is 290 g/mol. The molecule has 0 aliphatic heterocycles. The van der Waals surface area contributed by atoms with Gasteiger partial charge < -0.3 is 4.57 Å². The Morgan fingerprint density at radius 2 is 1.55 bits per heavy atom. The molecule has 22 heavy (non-hydrogen) atoms. The fraction of sp³-hybridized carbons (Fsp3) is 0.100. The van der Waals surface area contributed by atoms with Crippen LogP contribution in [0.5, 0.6) is 0 Å². The van der Waals surface area contributed by atoms with E-state index in [0.717, 1.165) is 11.6 Å². The number of para-hydroxylation sites is 2. The lowest BCUT2D eigenvalue weighted by Crippen LogP contribution is -1.94. The third-order valence-corrected chi connectivity index (χ3v) is 4.51. The second-order valence-corrected chi connectivity index (χ2v) is 5.91. The van der Waals surface area contributed by atoms with Crippen LogP contribution in [0, 0.1) is 0 Å². The molecule has 3 aromatic carbocycles. The molecule has 0 unspecified atom stereocenters. The van der Waals surface area contributed by atoms with Crippen molar-refractivity contribution in [2.24, 2.45) is 0 Å². The summed E-state index contributed by atoms with van der Waals surface area (Å²) in [7, 11) is 0. The van der Waals surface area contributed by atoms with E-state index < -0.39 is 0 Å². The van der Waals surface area contributed by atoms with E-state index in [2.05, 4.69) is 66.1 Å². The summed E-state index contributed by atoms with van der Waals surface area (Å²) in [6.45, 7) is 3.15. The van der Waals surface area contributed by atoms with Crippen LogP contribution >= 0.6 is 11.6 Å². The number of rotatable bonds is 2. The van der Waals surface area contributed by atoms with Crippen LogP contribution in [0.4, 0.5) is 0 Å². The molecule has 1 aromatic heterocycles. The van der Waals surface area contributed by atoms with Gasteiger partial charge in [-0.2, -0.15) is 0 Å². The molecule has 0 spiro atoms. The van der Waals surface area contributed by atoms with Gasteiger partial charge in [-0.3, -0.25) is 0 Å². The maximum Gasteiger partial charge on any atom is 0.0570 e. The van der Waals surface area contributed by atoms with Crippen LogP contribution in [0.25, 0.3) is 32.9 Å². The Balaban J connectivity index is 2.14. The summed E-state index contributed by atoms with van der Waals surface area (Å²) in [6, 6.07) is 23.2. The molecular formula is C20H16ClN. The highest BCUT2D eigenvalue weighted by Gasteiger charge is 2.13. The number of fused-ring (bicyclic) bond motifs is 3. The topological polar surface area (TPSA) is 4.93 Å². The number of hydrogen-bond donors (Lipinski definition) is 0. The molecule has 0 aliphatic carbocycles. The number of halogens is 1. The molecule has 4 rings (SSSR count). The average Bonchev–Trinajstić information content (AvgIpc) is 2.89. The SMILES string of the molecule is CCn1c2ccccc2c2cccc(-c3ccc(Cl)cc3)c21. The fourth-order valence-corrected chi connectivity index (χ4v) is 3.43. The smallest absolute Gasteiger partial charge is 0.0570 e. The summed E-state index contributed by atoms with van der Waals surface area (Å²) >= 11 is 6.03. The van der Waals surface area contributed by atoms with Crippen molar-refractivity contribution in [3.63, 3.8) is 0 Å². The van der Waals surface area contributed by atoms with E-state index in [1.54, 1.807) is 0 Å². The van der Waals surface area contributed by atoms with Gasteiger partial charge in [0.1, 0.15) is 0 Å². The Labute approximate surface area is 134 Å². The second kappa shape index (κ2) is 5.19. The van der Waals surface area contributed by atoms with E-state index in [4.69, 9.17) is 11.6 Å². The Morgan fingerprint density at radius 1 is 0.818 bits per heavy atom. The molecule has 0 amide bonds. The number of hydrogen-bond acceptors (Lipinski definition) is 0. The zero-order valence-electron chi connectivity index (χ0n) is 12.4. The van der Waals surface area contributed by atoms with E-state index in [1.165, 1.54) is 32.9 Å². The van der Waals surface area contributed by atoms with E-state index in [9.17, 15) is 0 Å². The van der Waals surface area contributed by atoms with Crippen molar-refractivity contribution in [2.45, 2.75) is 13.5 Å².